The molecule has 49 heavy (non-hydrogen) atoms. The van der Waals surface area contributed by atoms with Crippen molar-refractivity contribution in [3.05, 3.63) is 48.6 Å². The molecule has 0 spiro atoms. The van der Waals surface area contributed by atoms with Crippen LogP contribution in [0.3, 0.4) is 0 Å². The number of esters is 2. The van der Waals surface area contributed by atoms with Gasteiger partial charge in [-0.15, -0.1) is 0 Å². The molecule has 9 nitrogen and oxygen atoms in total. The molecule has 0 saturated heterocycles. The second kappa shape index (κ2) is 35.8. The van der Waals surface area contributed by atoms with Crippen molar-refractivity contribution in [2.45, 2.75) is 161 Å². The topological polar surface area (TPSA) is 134 Å². The first-order chi connectivity index (χ1) is 23.8. The Labute approximate surface area is 298 Å². The van der Waals surface area contributed by atoms with E-state index in [1.165, 1.54) is 38.5 Å². The van der Waals surface area contributed by atoms with Crippen molar-refractivity contribution >= 4 is 19.8 Å². The molecule has 284 valence electrons. The summed E-state index contributed by atoms with van der Waals surface area (Å²) in [6, 6.07) is 0. The molecule has 0 aromatic carbocycles. The van der Waals surface area contributed by atoms with Gasteiger partial charge in [0.25, 0.3) is 0 Å². The summed E-state index contributed by atoms with van der Waals surface area (Å²) >= 11 is 0. The van der Waals surface area contributed by atoms with Gasteiger partial charge in [-0.05, 0) is 70.6 Å². The predicted molar refractivity (Wildman–Crippen MR) is 201 cm³/mol. The Hall–Kier alpha value is -2.03. The Morgan fingerprint density at radius 2 is 1.08 bits per heavy atom. The van der Waals surface area contributed by atoms with E-state index in [1.807, 2.05) is 0 Å². The van der Waals surface area contributed by atoms with E-state index in [1.54, 1.807) is 0 Å². The monoisotopic (exact) mass is 711 g/mol. The van der Waals surface area contributed by atoms with Gasteiger partial charge in [-0.1, -0.05) is 120 Å². The summed E-state index contributed by atoms with van der Waals surface area (Å²) in [5.74, 6) is -0.871. The van der Waals surface area contributed by atoms with Gasteiger partial charge in [0.1, 0.15) is 6.61 Å². The van der Waals surface area contributed by atoms with Gasteiger partial charge in [-0.2, -0.15) is 0 Å². The predicted octanol–water partition coefficient (Wildman–Crippen LogP) is 10.4. The summed E-state index contributed by atoms with van der Waals surface area (Å²) in [6.07, 6.45) is 38.5. The number of nitrogens with two attached hydrogens (primary N) is 1. The van der Waals surface area contributed by atoms with E-state index in [9.17, 15) is 19.0 Å². The second-order valence-corrected chi connectivity index (χ2v) is 13.9. The van der Waals surface area contributed by atoms with Crippen LogP contribution in [0.1, 0.15) is 155 Å². The van der Waals surface area contributed by atoms with Crippen molar-refractivity contribution in [3.8, 4) is 0 Å². The maximum absolute atomic E-state index is 12.5. The van der Waals surface area contributed by atoms with Crippen molar-refractivity contribution in [2.24, 2.45) is 5.73 Å². The zero-order valence-electron chi connectivity index (χ0n) is 30.9. The summed E-state index contributed by atoms with van der Waals surface area (Å²) in [5.41, 5.74) is 5.33. The zero-order valence-corrected chi connectivity index (χ0v) is 31.8. The van der Waals surface area contributed by atoms with Gasteiger partial charge in [0.15, 0.2) is 6.10 Å². The first kappa shape index (κ1) is 47.0. The molecule has 0 heterocycles. The standard InChI is InChI=1S/C39H70NO8P/c1-3-5-7-9-11-13-15-16-17-18-19-20-22-24-26-28-30-32-39(42)48-37(36-47-49(43,44)46-34-33-40)35-45-38(41)31-29-27-25-23-21-14-12-10-8-6-4-2/h10-13,16-17,19-20,37H,3-9,14-15,18,21-36,40H2,1-2H3,(H,43,44)/b12-10+,13-11+,17-16+,20-19+/t37-/m1/s1. The molecule has 0 aliphatic heterocycles. The van der Waals surface area contributed by atoms with Gasteiger partial charge in [0.05, 0.1) is 13.2 Å². The minimum Gasteiger partial charge on any atom is -0.462 e. The fourth-order valence-corrected chi connectivity index (χ4v) is 5.56. The van der Waals surface area contributed by atoms with Crippen molar-refractivity contribution < 1.29 is 37.6 Å². The van der Waals surface area contributed by atoms with Crippen LogP contribution in [0.4, 0.5) is 0 Å². The van der Waals surface area contributed by atoms with Gasteiger partial charge in [-0.25, -0.2) is 4.57 Å². The van der Waals surface area contributed by atoms with E-state index < -0.39 is 32.5 Å². The molecule has 0 aromatic rings. The summed E-state index contributed by atoms with van der Waals surface area (Å²) < 4.78 is 32.6. The smallest absolute Gasteiger partial charge is 0.462 e. The van der Waals surface area contributed by atoms with E-state index in [0.29, 0.717) is 6.42 Å². The fourth-order valence-electron chi connectivity index (χ4n) is 4.80. The third kappa shape index (κ3) is 35.6. The normalized spacial score (nSPS) is 14.0. The minimum absolute atomic E-state index is 0.0467. The molecule has 0 bridgehead atoms. The van der Waals surface area contributed by atoms with Gasteiger partial charge in [0.2, 0.25) is 0 Å². The number of phosphoric acid groups is 1. The van der Waals surface area contributed by atoms with Gasteiger partial charge < -0.3 is 20.1 Å². The fraction of sp³-hybridized carbons (Fsp3) is 0.744. The molecule has 0 radical (unpaired) electrons. The van der Waals surface area contributed by atoms with Crippen LogP contribution in [0.15, 0.2) is 48.6 Å². The largest absolute Gasteiger partial charge is 0.472 e. The summed E-state index contributed by atoms with van der Waals surface area (Å²) in [4.78, 5) is 34.7. The van der Waals surface area contributed by atoms with E-state index in [2.05, 4.69) is 62.5 Å². The highest BCUT2D eigenvalue weighted by Crippen LogP contribution is 2.43. The number of phosphoric ester groups is 1. The van der Waals surface area contributed by atoms with Gasteiger partial charge in [0, 0.05) is 19.4 Å². The number of hydrogen-bond acceptors (Lipinski definition) is 8. The van der Waals surface area contributed by atoms with Crippen LogP contribution in [0.25, 0.3) is 0 Å². The zero-order chi connectivity index (χ0) is 36.1. The average molecular weight is 712 g/mol. The van der Waals surface area contributed by atoms with Crippen LogP contribution < -0.4 is 5.73 Å². The lowest BCUT2D eigenvalue weighted by atomic mass is 10.1. The quantitative estimate of drug-likeness (QED) is 0.0285. The molecule has 0 fully saturated rings. The maximum Gasteiger partial charge on any atom is 0.472 e. The highest BCUT2D eigenvalue weighted by atomic mass is 31.2. The molecule has 0 aliphatic rings. The lowest BCUT2D eigenvalue weighted by Crippen LogP contribution is -2.29. The molecule has 0 aliphatic carbocycles. The molecule has 2 atom stereocenters. The van der Waals surface area contributed by atoms with E-state index >= 15 is 0 Å². The van der Waals surface area contributed by atoms with E-state index in [4.69, 9.17) is 24.3 Å². The van der Waals surface area contributed by atoms with Crippen LogP contribution in [-0.4, -0.2) is 49.3 Å². The number of carbonyl (C=O) groups excluding carboxylic acids is 2. The summed E-state index contributed by atoms with van der Waals surface area (Å²) in [5, 5.41) is 0. The highest BCUT2D eigenvalue weighted by molar-refractivity contribution is 7.47. The van der Waals surface area contributed by atoms with Crippen LogP contribution in [-0.2, 0) is 32.7 Å². The van der Waals surface area contributed by atoms with Crippen LogP contribution in [0.2, 0.25) is 0 Å². The number of hydrogen-bond donors (Lipinski definition) is 2. The number of unbranched alkanes of at least 4 members (excludes halogenated alkanes) is 14. The first-order valence-corrected chi connectivity index (χ1v) is 20.6. The third-order valence-corrected chi connectivity index (χ3v) is 8.67. The molecule has 0 rings (SSSR count). The van der Waals surface area contributed by atoms with Crippen molar-refractivity contribution in [1.29, 1.82) is 0 Å². The Kier molecular flexibility index (Phi) is 34.3. The number of ether oxygens (including phenoxy) is 2. The van der Waals surface area contributed by atoms with Gasteiger partial charge in [-0.3, -0.25) is 18.6 Å². The van der Waals surface area contributed by atoms with Crippen LogP contribution in [0.5, 0.6) is 0 Å². The number of allylic oxidation sites excluding steroid dienone is 8. The Morgan fingerprint density at radius 1 is 0.612 bits per heavy atom. The molecule has 10 heteroatoms. The third-order valence-electron chi connectivity index (χ3n) is 7.69. The number of rotatable bonds is 35. The van der Waals surface area contributed by atoms with Crippen LogP contribution in [0, 0.1) is 0 Å². The SMILES string of the molecule is CCCC/C=C/CCCCCCCC(=O)OC[C@H](COP(=O)(O)OCCN)OC(=O)CCCCCC/C=C/C/C=C/C/C=C/CCCCC. The van der Waals surface area contributed by atoms with Gasteiger partial charge >= 0.3 is 19.8 Å². The highest BCUT2D eigenvalue weighted by Gasteiger charge is 2.25. The molecule has 0 aromatic heterocycles. The molecule has 0 saturated carbocycles. The van der Waals surface area contributed by atoms with Crippen molar-refractivity contribution in [3.63, 3.8) is 0 Å². The molecule has 0 amide bonds. The van der Waals surface area contributed by atoms with E-state index in [-0.39, 0.29) is 32.6 Å². The molecule has 3 N–H and O–H groups in total. The lowest BCUT2D eigenvalue weighted by molar-refractivity contribution is -0.161. The minimum atomic E-state index is -4.38. The Morgan fingerprint density at radius 3 is 1.65 bits per heavy atom. The van der Waals surface area contributed by atoms with Crippen molar-refractivity contribution in [2.75, 3.05) is 26.4 Å². The summed E-state index contributed by atoms with van der Waals surface area (Å²) in [6.45, 7) is 3.60. The summed E-state index contributed by atoms with van der Waals surface area (Å²) in [7, 11) is -4.38. The van der Waals surface area contributed by atoms with Crippen molar-refractivity contribution in [1.82, 2.24) is 0 Å². The first-order valence-electron chi connectivity index (χ1n) is 19.1. The lowest BCUT2D eigenvalue weighted by Gasteiger charge is -2.19. The Bertz CT molecular complexity index is 949. The Balaban J connectivity index is 4.28. The molecule has 1 unspecified atom stereocenters. The second-order valence-electron chi connectivity index (χ2n) is 12.4. The molecular weight excluding hydrogens is 641 g/mol. The maximum atomic E-state index is 12.5. The molecular formula is C39H70NO8P. The van der Waals surface area contributed by atoms with Crippen LogP contribution >= 0.6 is 7.82 Å². The van der Waals surface area contributed by atoms with E-state index in [0.717, 1.165) is 83.5 Å². The average Bonchev–Trinajstić information content (AvgIpc) is 3.08. The number of carbonyl (C=O) groups is 2.